The van der Waals surface area contributed by atoms with Crippen molar-refractivity contribution in [2.75, 3.05) is 26.4 Å². The Kier molecular flexibility index (Phi) is 20.9. The van der Waals surface area contributed by atoms with Crippen molar-refractivity contribution in [1.82, 2.24) is 0 Å². The molecule has 8 fully saturated rings. The molecule has 0 aromatic rings. The van der Waals surface area contributed by atoms with E-state index in [2.05, 4.69) is 0 Å². The van der Waals surface area contributed by atoms with E-state index in [4.69, 9.17) is 47.4 Å². The number of hydrogen-bond donors (Lipinski definition) is 17. The maximum Gasteiger partial charge on any atom is 0.330 e. The third-order valence-corrected chi connectivity index (χ3v) is 16.6. The van der Waals surface area contributed by atoms with Crippen LogP contribution in [0, 0.1) is 17.8 Å². The van der Waals surface area contributed by atoms with Crippen LogP contribution >= 0.6 is 0 Å². The van der Waals surface area contributed by atoms with E-state index in [0.717, 1.165) is 0 Å². The average Bonchev–Trinajstić information content (AvgIpc) is 3.42. The zero-order valence-electron chi connectivity index (χ0n) is 41.6. The van der Waals surface area contributed by atoms with Crippen molar-refractivity contribution >= 4 is 5.97 Å². The predicted molar refractivity (Wildman–Crippen MR) is 246 cm³/mol. The predicted octanol–water partition coefficient (Wildman–Crippen LogP) is -8.38. The number of aliphatic hydroxyl groups excluding tert-OH is 17. The molecule has 3 saturated carbocycles. The molecule has 0 aromatic carbocycles. The molecule has 76 heavy (non-hydrogen) atoms. The first-order valence-electron chi connectivity index (χ1n) is 26.4. The summed E-state index contributed by atoms with van der Waals surface area (Å²) < 4.78 is 58.5. The number of fused-ring (bicyclic) bond motifs is 1. The average molecular weight is 1100 g/mol. The van der Waals surface area contributed by atoms with E-state index in [1.807, 2.05) is 0 Å². The van der Waals surface area contributed by atoms with Gasteiger partial charge >= 0.3 is 5.97 Å². The summed E-state index contributed by atoms with van der Waals surface area (Å²) >= 11 is 0. The number of rotatable bonds is 16. The van der Waals surface area contributed by atoms with E-state index < -0.39 is 216 Å². The Bertz CT molecular complexity index is 1840. The molecule has 0 aromatic heterocycles. The van der Waals surface area contributed by atoms with Crippen molar-refractivity contribution in [1.29, 1.82) is 0 Å². The normalized spacial score (nSPS) is 51.5. The van der Waals surface area contributed by atoms with E-state index in [0.29, 0.717) is 32.1 Å². The van der Waals surface area contributed by atoms with Gasteiger partial charge in [0.15, 0.2) is 37.4 Å². The number of esters is 1. The number of aliphatic hydroxyl groups is 19. The molecule has 18 N–H and O–H groups in total. The summed E-state index contributed by atoms with van der Waals surface area (Å²) in [4.78, 5) is 13.2. The molecule has 0 radical (unpaired) electrons. The second-order valence-electron chi connectivity index (χ2n) is 21.7. The number of carbonyl (C=O) groups is 1. The Morgan fingerprint density at radius 2 is 1.00 bits per heavy atom. The molecule has 5 aliphatic heterocycles. The lowest BCUT2D eigenvalue weighted by atomic mass is 9.72. The first kappa shape index (κ1) is 60.3. The van der Waals surface area contributed by atoms with E-state index in [1.54, 1.807) is 6.08 Å². The molecule has 8 aliphatic rings. The molecular formula is C48H79O28+. The van der Waals surface area contributed by atoms with Gasteiger partial charge in [-0.05, 0) is 57.3 Å². The molecule has 29 atom stereocenters. The minimum absolute atomic E-state index is 0.0142. The standard InChI is InChI=1S/C48H78O28/c49-13-27-32(56)36(60)40(64)45(72-27)68-20-5-1-17(2-6-20)3-8-31(55)67-16-30-35(59)39(63)44(76-47-42(66)38(62)34(58)29(15-51)74-47)48(75-30)71-26-12-21-24(69-43(26)18-4-7-22(53)23(54)9-18)10-19(52)11-25(21)70-46-41(65)37(61)33(57)28(14-50)73-46/h3,8,17-30,32-54,56-66H,1-2,4-7,9-16H2/p+1/t17?,18?,19?,20?,21?,22?,23?,24?,25?,26?,27-,28-,29-,30-,32-,33-,34-,35-,36+,37+,38+,39+,40-,41-,42-,43?,44-,45-,46-,47+,48-/m1/s1. The summed E-state index contributed by atoms with van der Waals surface area (Å²) in [5.41, 5.74) is 0. The lowest BCUT2D eigenvalue weighted by Gasteiger charge is -2.50. The summed E-state index contributed by atoms with van der Waals surface area (Å²) in [6, 6.07) is 0. The van der Waals surface area contributed by atoms with Crippen molar-refractivity contribution in [3.63, 3.8) is 0 Å². The van der Waals surface area contributed by atoms with Gasteiger partial charge in [-0.2, -0.15) is 0 Å². The van der Waals surface area contributed by atoms with Gasteiger partial charge in [-0.15, -0.1) is 0 Å². The summed E-state index contributed by atoms with van der Waals surface area (Å²) in [5.74, 6) is -2.11. The van der Waals surface area contributed by atoms with Crippen molar-refractivity contribution in [3.8, 4) is 0 Å². The first-order chi connectivity index (χ1) is 36.2. The fraction of sp³-hybridized carbons (Fsp3) is 0.938. The van der Waals surface area contributed by atoms with E-state index in [-0.39, 0.29) is 38.0 Å². The molecule has 438 valence electrons. The van der Waals surface area contributed by atoms with Crippen LogP contribution in [-0.2, 0) is 47.4 Å². The quantitative estimate of drug-likeness (QED) is 0.0388. The highest BCUT2D eigenvalue weighted by molar-refractivity contribution is 5.81. The SMILES string of the molecule is O=C(C=CC1CCC(O[C@@H]2O[C@H](CO)[C@@H](O)[C@H](O)[C@H]2O)CC1)OC[C@H]1O[C@@H](OC2CC3C(O[C@@H]4O[C@H](CO)[C@@H](O)[C@H](O)[C@H]4O)CC(O)CC3[OH+]C2C2CCC(O)C(O)C2)[C@H](O[C@@H]2O[C@H](CO)[C@@H](O)[C@H](O)[C@H]2O)[C@@H](O)[C@@H]1O. The zero-order chi connectivity index (χ0) is 54.9. The van der Waals surface area contributed by atoms with Crippen LogP contribution in [0.4, 0.5) is 0 Å². The topological polar surface area (TPSA) is 457 Å². The Balaban J connectivity index is 0.985. The Morgan fingerprint density at radius 1 is 0.487 bits per heavy atom. The lowest BCUT2D eigenvalue weighted by Crippen LogP contribution is -2.66. The van der Waals surface area contributed by atoms with Gasteiger partial charge in [-0.3, -0.25) is 0 Å². The fourth-order valence-electron chi connectivity index (χ4n) is 12.0. The molecule has 5 saturated heterocycles. The number of carbonyl (C=O) groups excluding carboxylic acids is 1. The third-order valence-electron chi connectivity index (χ3n) is 16.6. The lowest BCUT2D eigenvalue weighted by molar-refractivity contribution is -0.390. The van der Waals surface area contributed by atoms with Gasteiger partial charge in [0.2, 0.25) is 0 Å². The molecule has 0 amide bonds. The van der Waals surface area contributed by atoms with Gasteiger partial charge in [0.25, 0.3) is 0 Å². The monoisotopic (exact) mass is 1100 g/mol. The highest BCUT2D eigenvalue weighted by Gasteiger charge is 2.58. The van der Waals surface area contributed by atoms with Gasteiger partial charge in [0.05, 0.1) is 56.3 Å². The van der Waals surface area contributed by atoms with Crippen LogP contribution in [-0.4, -0.2) is 296 Å². The van der Waals surface area contributed by atoms with Crippen LogP contribution in [0.3, 0.4) is 0 Å². The Morgan fingerprint density at radius 3 is 1.55 bits per heavy atom. The number of ether oxygens (including phenoxy) is 10. The van der Waals surface area contributed by atoms with E-state index in [9.17, 15) is 91.6 Å². The summed E-state index contributed by atoms with van der Waals surface area (Å²) in [6.07, 6.45) is -35.0. The van der Waals surface area contributed by atoms with E-state index in [1.165, 1.54) is 6.08 Å². The van der Waals surface area contributed by atoms with Crippen LogP contribution in [0.2, 0.25) is 0 Å². The minimum atomic E-state index is -1.99. The molecular weight excluding hydrogens is 1020 g/mol. The molecule has 28 heteroatoms. The molecule has 3 aliphatic carbocycles. The summed E-state index contributed by atoms with van der Waals surface area (Å²) in [5, 5.41) is 180. The minimum Gasteiger partial charge on any atom is -0.460 e. The van der Waals surface area contributed by atoms with Gasteiger partial charge in [0.1, 0.15) is 110 Å². The second-order valence-corrected chi connectivity index (χ2v) is 21.7. The highest BCUT2D eigenvalue weighted by Crippen LogP contribution is 2.44. The van der Waals surface area contributed by atoms with Crippen molar-refractivity contribution in [2.45, 2.75) is 236 Å². The summed E-state index contributed by atoms with van der Waals surface area (Å²) in [6.45, 7) is -2.85. The summed E-state index contributed by atoms with van der Waals surface area (Å²) in [7, 11) is 0. The molecule has 8 rings (SSSR count). The smallest absolute Gasteiger partial charge is 0.330 e. The maximum absolute atomic E-state index is 13.2. The van der Waals surface area contributed by atoms with Crippen LogP contribution in [0.1, 0.15) is 64.2 Å². The van der Waals surface area contributed by atoms with Crippen molar-refractivity contribution in [2.24, 2.45) is 17.8 Å². The van der Waals surface area contributed by atoms with Crippen LogP contribution in [0.25, 0.3) is 0 Å². The van der Waals surface area contributed by atoms with Gasteiger partial charge in [0, 0.05) is 24.8 Å². The third kappa shape index (κ3) is 13.4. The molecule has 0 bridgehead atoms. The highest BCUT2D eigenvalue weighted by atomic mass is 16.8. The number of hydrogen-bond acceptors (Lipinski definition) is 27. The molecule has 9 unspecified atom stereocenters. The first-order valence-corrected chi connectivity index (χ1v) is 26.4. The van der Waals surface area contributed by atoms with E-state index >= 15 is 0 Å². The van der Waals surface area contributed by atoms with Gasteiger partial charge < -0.3 is 134 Å². The second kappa shape index (κ2) is 26.4. The Labute approximate surface area is 436 Å². The van der Waals surface area contributed by atoms with Crippen molar-refractivity contribution < 1.29 is 139 Å². The molecule has 5 heterocycles. The largest absolute Gasteiger partial charge is 0.460 e. The van der Waals surface area contributed by atoms with Crippen LogP contribution < -0.4 is 0 Å². The maximum atomic E-state index is 13.2. The van der Waals surface area contributed by atoms with Gasteiger partial charge in [-0.1, -0.05) is 6.08 Å². The number of allylic oxidation sites excluding steroid dienone is 1. The molecule has 28 nitrogen and oxygen atoms in total. The zero-order valence-corrected chi connectivity index (χ0v) is 41.6. The van der Waals surface area contributed by atoms with Gasteiger partial charge in [-0.25, -0.2) is 4.79 Å². The van der Waals surface area contributed by atoms with Crippen molar-refractivity contribution in [3.05, 3.63) is 12.2 Å². The Hall–Kier alpha value is -1.83. The fourth-order valence-corrected chi connectivity index (χ4v) is 12.0. The molecule has 0 spiro atoms. The van der Waals surface area contributed by atoms with Crippen LogP contribution in [0.15, 0.2) is 12.2 Å². The van der Waals surface area contributed by atoms with Crippen LogP contribution in [0.5, 0.6) is 0 Å².